The van der Waals surface area contributed by atoms with Crippen LogP contribution in [0.3, 0.4) is 0 Å². The van der Waals surface area contributed by atoms with E-state index >= 15 is 0 Å². The largest absolute Gasteiger partial charge is 0.490 e. The van der Waals surface area contributed by atoms with Crippen LogP contribution < -0.4 is 14.9 Å². The minimum Gasteiger partial charge on any atom is -0.490 e. The van der Waals surface area contributed by atoms with Gasteiger partial charge in [0.1, 0.15) is 0 Å². The van der Waals surface area contributed by atoms with Crippen molar-refractivity contribution in [2.45, 2.75) is 6.92 Å². The van der Waals surface area contributed by atoms with Gasteiger partial charge in [-0.05, 0) is 41.1 Å². The molecule has 0 unspecified atom stereocenters. The first-order valence-electron chi connectivity index (χ1n) is 7.61. The second kappa shape index (κ2) is 9.52. The lowest BCUT2D eigenvalue weighted by Gasteiger charge is -2.10. The van der Waals surface area contributed by atoms with Gasteiger partial charge in [-0.25, -0.2) is 5.43 Å². The normalized spacial score (nSPS) is 10.5. The second-order valence-electron chi connectivity index (χ2n) is 4.93. The van der Waals surface area contributed by atoms with Gasteiger partial charge in [-0.1, -0.05) is 18.2 Å². The van der Waals surface area contributed by atoms with E-state index in [9.17, 15) is 14.9 Å². The summed E-state index contributed by atoms with van der Waals surface area (Å²) >= 11 is 3.10. The molecule has 0 saturated heterocycles. The Bertz CT molecular complexity index is 826. The highest BCUT2D eigenvalue weighted by molar-refractivity contribution is 9.10. The minimum absolute atomic E-state index is 0.0869. The molecule has 26 heavy (non-hydrogen) atoms. The van der Waals surface area contributed by atoms with Crippen LogP contribution in [0.5, 0.6) is 11.5 Å². The van der Waals surface area contributed by atoms with Crippen molar-refractivity contribution in [3.8, 4) is 11.5 Å². The zero-order valence-electron chi connectivity index (χ0n) is 13.8. The van der Waals surface area contributed by atoms with Crippen LogP contribution in [0.1, 0.15) is 12.5 Å². The number of hydrazone groups is 1. The summed E-state index contributed by atoms with van der Waals surface area (Å²) in [5.41, 5.74) is 2.69. The Morgan fingerprint density at radius 2 is 1.96 bits per heavy atom. The van der Waals surface area contributed by atoms with Crippen molar-refractivity contribution in [1.82, 2.24) is 5.43 Å². The molecule has 0 aromatic heterocycles. The number of benzene rings is 2. The third-order valence-electron chi connectivity index (χ3n) is 3.08. The van der Waals surface area contributed by atoms with Crippen molar-refractivity contribution in [2.75, 3.05) is 13.2 Å². The molecule has 0 aliphatic carbocycles. The average Bonchev–Trinajstić information content (AvgIpc) is 2.62. The lowest BCUT2D eigenvalue weighted by molar-refractivity contribution is -0.385. The SMILES string of the molecule is CCOc1ccccc1OCC(=O)NN=Cc1ccc(Br)c([N+](=O)[O-])c1. The zero-order chi connectivity index (χ0) is 18.9. The molecule has 0 heterocycles. The van der Waals surface area contributed by atoms with Gasteiger partial charge in [0.05, 0.1) is 22.2 Å². The van der Waals surface area contributed by atoms with Gasteiger partial charge in [-0.15, -0.1) is 0 Å². The van der Waals surface area contributed by atoms with Crippen molar-refractivity contribution in [2.24, 2.45) is 5.10 Å². The molecule has 0 atom stereocenters. The first-order chi connectivity index (χ1) is 12.5. The van der Waals surface area contributed by atoms with Crippen molar-refractivity contribution in [3.05, 3.63) is 62.6 Å². The van der Waals surface area contributed by atoms with Gasteiger partial charge < -0.3 is 9.47 Å². The lowest BCUT2D eigenvalue weighted by atomic mass is 10.2. The number of para-hydroxylation sites is 2. The summed E-state index contributed by atoms with van der Waals surface area (Å²) in [5.74, 6) is 0.532. The lowest BCUT2D eigenvalue weighted by Crippen LogP contribution is -2.24. The molecule has 1 N–H and O–H groups in total. The Morgan fingerprint density at radius 3 is 2.62 bits per heavy atom. The number of nitro groups is 1. The molecule has 8 nitrogen and oxygen atoms in total. The quantitative estimate of drug-likeness (QED) is 0.400. The average molecular weight is 422 g/mol. The Labute approximate surface area is 158 Å². The molecule has 0 radical (unpaired) electrons. The second-order valence-corrected chi connectivity index (χ2v) is 5.78. The van der Waals surface area contributed by atoms with Gasteiger partial charge in [-0.3, -0.25) is 14.9 Å². The van der Waals surface area contributed by atoms with Crippen LogP contribution in [0.4, 0.5) is 5.69 Å². The number of hydrogen-bond acceptors (Lipinski definition) is 6. The summed E-state index contributed by atoms with van der Waals surface area (Å²) < 4.78 is 11.2. The Balaban J connectivity index is 1.90. The fourth-order valence-corrected chi connectivity index (χ4v) is 2.34. The first-order valence-corrected chi connectivity index (χ1v) is 8.41. The van der Waals surface area contributed by atoms with E-state index in [1.807, 2.05) is 6.92 Å². The van der Waals surface area contributed by atoms with E-state index in [4.69, 9.17) is 9.47 Å². The van der Waals surface area contributed by atoms with Crippen molar-refractivity contribution >= 4 is 33.7 Å². The summed E-state index contributed by atoms with van der Waals surface area (Å²) in [5, 5.41) is 14.7. The molecule has 2 aromatic rings. The maximum atomic E-state index is 11.8. The number of rotatable bonds is 8. The van der Waals surface area contributed by atoms with Crippen LogP contribution in [0.2, 0.25) is 0 Å². The molecule has 0 aliphatic heterocycles. The topological polar surface area (TPSA) is 103 Å². The van der Waals surface area contributed by atoms with Crippen LogP contribution in [0, 0.1) is 10.1 Å². The zero-order valence-corrected chi connectivity index (χ0v) is 15.4. The van der Waals surface area contributed by atoms with Gasteiger partial charge in [0.25, 0.3) is 11.6 Å². The molecular weight excluding hydrogens is 406 g/mol. The van der Waals surface area contributed by atoms with E-state index in [0.717, 1.165) is 0 Å². The standard InChI is InChI=1S/C17H16BrN3O5/c1-2-25-15-5-3-4-6-16(15)26-11-17(22)20-19-10-12-7-8-13(18)14(9-12)21(23)24/h3-10H,2,11H2,1H3,(H,20,22). The molecule has 2 rings (SSSR count). The number of ether oxygens (including phenoxy) is 2. The van der Waals surface area contributed by atoms with Crippen LogP contribution in [-0.4, -0.2) is 30.3 Å². The fourth-order valence-electron chi connectivity index (χ4n) is 1.95. The summed E-state index contributed by atoms with van der Waals surface area (Å²) in [6, 6.07) is 11.5. The highest BCUT2D eigenvalue weighted by atomic mass is 79.9. The van der Waals surface area contributed by atoms with Crippen LogP contribution in [0.15, 0.2) is 52.0 Å². The minimum atomic E-state index is -0.510. The van der Waals surface area contributed by atoms with Gasteiger partial charge in [0, 0.05) is 11.6 Å². The number of amides is 1. The summed E-state index contributed by atoms with van der Waals surface area (Å²) in [7, 11) is 0. The number of hydrogen-bond donors (Lipinski definition) is 1. The van der Waals surface area contributed by atoms with E-state index in [1.54, 1.807) is 30.3 Å². The molecule has 0 bridgehead atoms. The molecule has 2 aromatic carbocycles. The van der Waals surface area contributed by atoms with Crippen molar-refractivity contribution in [1.29, 1.82) is 0 Å². The highest BCUT2D eigenvalue weighted by Gasteiger charge is 2.11. The summed E-state index contributed by atoms with van der Waals surface area (Å²) in [6.45, 7) is 2.09. The maximum Gasteiger partial charge on any atom is 0.284 e. The van der Waals surface area contributed by atoms with Gasteiger partial charge >= 0.3 is 0 Å². The van der Waals surface area contributed by atoms with E-state index in [1.165, 1.54) is 18.3 Å². The van der Waals surface area contributed by atoms with E-state index in [0.29, 0.717) is 28.1 Å². The number of nitrogens with one attached hydrogen (secondary N) is 1. The highest BCUT2D eigenvalue weighted by Crippen LogP contribution is 2.26. The molecule has 0 spiro atoms. The monoisotopic (exact) mass is 421 g/mol. The number of carbonyl (C=O) groups is 1. The Kier molecular flexibility index (Phi) is 7.10. The van der Waals surface area contributed by atoms with E-state index in [-0.39, 0.29) is 12.3 Å². The molecule has 0 fully saturated rings. The number of carbonyl (C=O) groups excluding carboxylic acids is 1. The molecule has 1 amide bonds. The number of halogens is 1. The third kappa shape index (κ3) is 5.55. The van der Waals surface area contributed by atoms with Crippen LogP contribution >= 0.6 is 15.9 Å². The molecule has 136 valence electrons. The first kappa shape index (κ1) is 19.4. The fraction of sp³-hybridized carbons (Fsp3) is 0.176. The Hall–Kier alpha value is -2.94. The predicted molar refractivity (Wildman–Crippen MR) is 99.6 cm³/mol. The molecular formula is C17H16BrN3O5. The van der Waals surface area contributed by atoms with Crippen molar-refractivity contribution in [3.63, 3.8) is 0 Å². The number of nitro benzene ring substituents is 1. The molecule has 0 saturated carbocycles. The molecule has 9 heteroatoms. The van der Waals surface area contributed by atoms with Gasteiger partial charge in [0.2, 0.25) is 0 Å². The summed E-state index contributed by atoms with van der Waals surface area (Å²) in [6.07, 6.45) is 1.31. The van der Waals surface area contributed by atoms with Gasteiger partial charge in [0.15, 0.2) is 18.1 Å². The number of nitrogens with zero attached hydrogens (tertiary/aromatic N) is 2. The third-order valence-corrected chi connectivity index (χ3v) is 3.75. The predicted octanol–water partition coefficient (Wildman–Crippen LogP) is 3.29. The van der Waals surface area contributed by atoms with Crippen LogP contribution in [0.25, 0.3) is 0 Å². The van der Waals surface area contributed by atoms with E-state index in [2.05, 4.69) is 26.5 Å². The van der Waals surface area contributed by atoms with E-state index < -0.39 is 10.8 Å². The smallest absolute Gasteiger partial charge is 0.284 e. The van der Waals surface area contributed by atoms with Crippen molar-refractivity contribution < 1.29 is 19.2 Å². The Morgan fingerprint density at radius 1 is 1.27 bits per heavy atom. The maximum absolute atomic E-state index is 11.8. The summed E-state index contributed by atoms with van der Waals surface area (Å²) in [4.78, 5) is 22.2. The molecule has 0 aliphatic rings. The van der Waals surface area contributed by atoms with Gasteiger partial charge in [-0.2, -0.15) is 5.10 Å². The van der Waals surface area contributed by atoms with Crippen LogP contribution in [-0.2, 0) is 4.79 Å².